The molecule has 1 aliphatic rings. The summed E-state index contributed by atoms with van der Waals surface area (Å²) < 4.78 is 19.0. The summed E-state index contributed by atoms with van der Waals surface area (Å²) in [6, 6.07) is 4.73. The second kappa shape index (κ2) is 5.89. The number of piperidine rings is 1. The lowest BCUT2D eigenvalue weighted by molar-refractivity contribution is 0.296. The van der Waals surface area contributed by atoms with Gasteiger partial charge in [0.05, 0.1) is 6.04 Å². The Hall–Kier alpha value is -1.46. The second-order valence-corrected chi connectivity index (χ2v) is 5.34. The van der Waals surface area contributed by atoms with E-state index in [1.807, 2.05) is 0 Å². The average Bonchev–Trinajstić information content (AvgIpc) is 2.93. The Bertz CT molecular complexity index is 576. The van der Waals surface area contributed by atoms with Crippen molar-refractivity contribution in [2.75, 3.05) is 6.54 Å². The molecular formula is C14H15ClFN3O. The summed E-state index contributed by atoms with van der Waals surface area (Å²) in [5.41, 5.74) is 0.401. The second-order valence-electron chi connectivity index (χ2n) is 4.93. The summed E-state index contributed by atoms with van der Waals surface area (Å²) in [5.74, 6) is 0.686. The molecule has 1 aromatic carbocycles. The fourth-order valence-corrected chi connectivity index (χ4v) is 2.63. The number of hydrogen-bond donors (Lipinski definition) is 1. The van der Waals surface area contributed by atoms with Crippen LogP contribution >= 0.6 is 11.6 Å². The number of benzene rings is 1. The fourth-order valence-electron chi connectivity index (χ4n) is 2.40. The van der Waals surface area contributed by atoms with Gasteiger partial charge in [-0.15, -0.1) is 0 Å². The highest BCUT2D eigenvalue weighted by molar-refractivity contribution is 6.31. The Labute approximate surface area is 121 Å². The van der Waals surface area contributed by atoms with Gasteiger partial charge < -0.3 is 9.84 Å². The minimum Gasteiger partial charge on any atom is -0.338 e. The van der Waals surface area contributed by atoms with Gasteiger partial charge >= 0.3 is 0 Å². The third-order valence-corrected chi connectivity index (χ3v) is 3.84. The van der Waals surface area contributed by atoms with Crippen LogP contribution in [0.4, 0.5) is 4.39 Å². The summed E-state index contributed by atoms with van der Waals surface area (Å²) >= 11 is 6.00. The highest BCUT2D eigenvalue weighted by Crippen LogP contribution is 2.24. The van der Waals surface area contributed by atoms with Crippen LogP contribution in [0.15, 0.2) is 22.7 Å². The third-order valence-electron chi connectivity index (χ3n) is 3.49. The van der Waals surface area contributed by atoms with E-state index in [-0.39, 0.29) is 18.3 Å². The molecule has 20 heavy (non-hydrogen) atoms. The molecule has 0 saturated carbocycles. The predicted octanol–water partition coefficient (Wildman–Crippen LogP) is 3.27. The minimum atomic E-state index is -0.348. The molecule has 4 nitrogen and oxygen atoms in total. The molecule has 0 spiro atoms. The largest absolute Gasteiger partial charge is 0.338 e. The Kier molecular flexibility index (Phi) is 3.98. The van der Waals surface area contributed by atoms with Gasteiger partial charge in [-0.05, 0) is 31.5 Å². The first-order valence-electron chi connectivity index (χ1n) is 6.73. The minimum absolute atomic E-state index is 0.112. The SMILES string of the molecule is Fc1cccc(Cl)c1Cc1noc(C2CCCCN2)n1. The van der Waals surface area contributed by atoms with E-state index >= 15 is 0 Å². The van der Waals surface area contributed by atoms with Crippen molar-refractivity contribution in [1.29, 1.82) is 0 Å². The number of nitrogens with zero attached hydrogens (tertiary/aromatic N) is 2. The number of hydrogen-bond acceptors (Lipinski definition) is 4. The molecule has 1 unspecified atom stereocenters. The van der Waals surface area contributed by atoms with E-state index in [1.54, 1.807) is 12.1 Å². The van der Waals surface area contributed by atoms with Crippen molar-refractivity contribution >= 4 is 11.6 Å². The van der Waals surface area contributed by atoms with E-state index in [0.29, 0.717) is 22.3 Å². The number of halogens is 2. The Morgan fingerprint density at radius 2 is 2.30 bits per heavy atom. The summed E-state index contributed by atoms with van der Waals surface area (Å²) in [5, 5.41) is 7.64. The summed E-state index contributed by atoms with van der Waals surface area (Å²) in [7, 11) is 0. The molecular weight excluding hydrogens is 281 g/mol. The van der Waals surface area contributed by atoms with Gasteiger partial charge in [0.15, 0.2) is 5.82 Å². The first-order chi connectivity index (χ1) is 9.74. The van der Waals surface area contributed by atoms with E-state index in [2.05, 4.69) is 15.5 Å². The van der Waals surface area contributed by atoms with Crippen molar-refractivity contribution in [3.63, 3.8) is 0 Å². The monoisotopic (exact) mass is 295 g/mol. The van der Waals surface area contributed by atoms with E-state index in [1.165, 1.54) is 12.5 Å². The van der Waals surface area contributed by atoms with Crippen molar-refractivity contribution in [2.45, 2.75) is 31.7 Å². The molecule has 1 fully saturated rings. The molecule has 0 amide bonds. The number of nitrogens with one attached hydrogen (secondary N) is 1. The van der Waals surface area contributed by atoms with Gasteiger partial charge in [-0.1, -0.05) is 29.2 Å². The highest BCUT2D eigenvalue weighted by Gasteiger charge is 2.21. The smallest absolute Gasteiger partial charge is 0.243 e. The average molecular weight is 296 g/mol. The molecule has 1 aromatic heterocycles. The van der Waals surface area contributed by atoms with Crippen LogP contribution in [0.25, 0.3) is 0 Å². The zero-order chi connectivity index (χ0) is 13.9. The predicted molar refractivity (Wildman–Crippen MR) is 73.1 cm³/mol. The maximum atomic E-state index is 13.7. The van der Waals surface area contributed by atoms with Gasteiger partial charge in [0.25, 0.3) is 0 Å². The Morgan fingerprint density at radius 1 is 1.40 bits per heavy atom. The van der Waals surface area contributed by atoms with Crippen molar-refractivity contribution < 1.29 is 8.91 Å². The molecule has 1 aliphatic heterocycles. The summed E-state index contributed by atoms with van der Waals surface area (Å²) in [6.45, 7) is 0.960. The van der Waals surface area contributed by atoms with Gasteiger partial charge in [0, 0.05) is 17.0 Å². The molecule has 3 rings (SSSR count). The number of aromatic nitrogens is 2. The molecule has 1 saturated heterocycles. The van der Waals surface area contributed by atoms with Gasteiger partial charge in [0.2, 0.25) is 5.89 Å². The van der Waals surface area contributed by atoms with Crippen LogP contribution in [0.5, 0.6) is 0 Å². The fraction of sp³-hybridized carbons (Fsp3) is 0.429. The van der Waals surface area contributed by atoms with Crippen molar-refractivity contribution in [3.05, 3.63) is 46.3 Å². The zero-order valence-corrected chi connectivity index (χ0v) is 11.7. The first kappa shape index (κ1) is 13.5. The molecule has 2 aromatic rings. The normalized spacial score (nSPS) is 19.2. The van der Waals surface area contributed by atoms with Crippen LogP contribution in [-0.2, 0) is 6.42 Å². The molecule has 0 aliphatic carbocycles. The molecule has 6 heteroatoms. The Morgan fingerprint density at radius 3 is 3.05 bits per heavy atom. The van der Waals surface area contributed by atoms with Gasteiger partial charge in [0.1, 0.15) is 5.82 Å². The lowest BCUT2D eigenvalue weighted by atomic mass is 10.1. The Balaban J connectivity index is 1.77. The topological polar surface area (TPSA) is 51.0 Å². The van der Waals surface area contributed by atoms with Gasteiger partial charge in [-0.3, -0.25) is 0 Å². The quantitative estimate of drug-likeness (QED) is 0.944. The van der Waals surface area contributed by atoms with E-state index < -0.39 is 0 Å². The van der Waals surface area contributed by atoms with Crippen molar-refractivity contribution in [2.24, 2.45) is 0 Å². The lowest BCUT2D eigenvalue weighted by Gasteiger charge is -2.19. The maximum Gasteiger partial charge on any atom is 0.243 e. The van der Waals surface area contributed by atoms with Crippen LogP contribution in [0, 0.1) is 5.82 Å². The molecule has 1 atom stereocenters. The molecule has 2 heterocycles. The summed E-state index contributed by atoms with van der Waals surface area (Å²) in [4.78, 5) is 4.35. The molecule has 106 valence electrons. The molecule has 0 radical (unpaired) electrons. The standard InChI is InChI=1S/C14H15ClFN3O/c15-10-4-3-5-11(16)9(10)8-13-18-14(20-19-13)12-6-1-2-7-17-12/h3-5,12,17H,1-2,6-8H2. The van der Waals surface area contributed by atoms with E-state index in [4.69, 9.17) is 16.1 Å². The van der Waals surface area contributed by atoms with E-state index in [9.17, 15) is 4.39 Å². The summed E-state index contributed by atoms with van der Waals surface area (Å²) in [6.07, 6.45) is 3.54. The van der Waals surface area contributed by atoms with Gasteiger partial charge in [-0.25, -0.2) is 4.39 Å². The van der Waals surface area contributed by atoms with E-state index in [0.717, 1.165) is 19.4 Å². The van der Waals surface area contributed by atoms with Crippen LogP contribution in [0.1, 0.15) is 42.6 Å². The van der Waals surface area contributed by atoms with Gasteiger partial charge in [-0.2, -0.15) is 4.98 Å². The highest BCUT2D eigenvalue weighted by atomic mass is 35.5. The first-order valence-corrected chi connectivity index (χ1v) is 7.10. The van der Waals surface area contributed by atoms with Crippen LogP contribution in [0.3, 0.4) is 0 Å². The number of rotatable bonds is 3. The molecule has 0 bridgehead atoms. The van der Waals surface area contributed by atoms with Crippen molar-refractivity contribution in [1.82, 2.24) is 15.5 Å². The maximum absolute atomic E-state index is 13.7. The zero-order valence-electron chi connectivity index (χ0n) is 10.9. The van der Waals surface area contributed by atoms with Crippen LogP contribution in [-0.4, -0.2) is 16.7 Å². The lowest BCUT2D eigenvalue weighted by Crippen LogP contribution is -2.27. The van der Waals surface area contributed by atoms with Crippen LogP contribution in [0.2, 0.25) is 5.02 Å². The van der Waals surface area contributed by atoms with Crippen molar-refractivity contribution in [3.8, 4) is 0 Å². The third kappa shape index (κ3) is 2.83. The van der Waals surface area contributed by atoms with Crippen LogP contribution < -0.4 is 5.32 Å². The molecule has 1 N–H and O–H groups in total.